The van der Waals surface area contributed by atoms with E-state index < -0.39 is 21.2 Å². The van der Waals surface area contributed by atoms with Gasteiger partial charge in [0.15, 0.2) is 9.84 Å². The molecule has 0 aromatic rings. The highest BCUT2D eigenvalue weighted by molar-refractivity contribution is 7.91. The number of carboxylic acid groups (broad SMARTS) is 1. The summed E-state index contributed by atoms with van der Waals surface area (Å²) in [5, 5.41) is 9.45. The van der Waals surface area contributed by atoms with Crippen LogP contribution in [0.4, 0.5) is 0 Å². The van der Waals surface area contributed by atoms with Gasteiger partial charge in [0.2, 0.25) is 5.91 Å². The van der Waals surface area contributed by atoms with Gasteiger partial charge in [-0.05, 0) is 12.8 Å². The molecule has 1 saturated carbocycles. The van der Waals surface area contributed by atoms with Crippen molar-refractivity contribution in [2.75, 3.05) is 24.6 Å². The van der Waals surface area contributed by atoms with Crippen LogP contribution in [0.5, 0.6) is 0 Å². The zero-order valence-corrected chi connectivity index (χ0v) is 12.3. The van der Waals surface area contributed by atoms with Crippen LogP contribution in [0, 0.1) is 5.41 Å². The maximum absolute atomic E-state index is 12.3. The number of rotatable bonds is 3. The van der Waals surface area contributed by atoms with Crippen LogP contribution >= 0.6 is 0 Å². The zero-order chi connectivity index (χ0) is 14.8. The van der Waals surface area contributed by atoms with E-state index in [0.29, 0.717) is 12.8 Å². The second-order valence-corrected chi connectivity index (χ2v) is 8.16. The number of aliphatic carboxylic acids is 1. The van der Waals surface area contributed by atoms with Gasteiger partial charge in [0.05, 0.1) is 16.9 Å². The molecule has 1 amide bonds. The normalized spacial score (nSPS) is 25.1. The summed E-state index contributed by atoms with van der Waals surface area (Å²) in [7, 11) is -3.02. The lowest BCUT2D eigenvalue weighted by molar-refractivity contribution is -0.156. The van der Waals surface area contributed by atoms with E-state index in [1.54, 1.807) is 0 Å². The van der Waals surface area contributed by atoms with Crippen LogP contribution in [0.1, 0.15) is 38.5 Å². The number of amides is 1. The second-order valence-electron chi connectivity index (χ2n) is 5.86. The Morgan fingerprint density at radius 2 is 1.60 bits per heavy atom. The fourth-order valence-corrected chi connectivity index (χ4v) is 4.26. The first-order valence-electron chi connectivity index (χ1n) is 7.06. The zero-order valence-electron chi connectivity index (χ0n) is 11.5. The number of carbonyl (C=O) groups is 2. The molecule has 7 heteroatoms. The van der Waals surface area contributed by atoms with Crippen molar-refractivity contribution in [2.24, 2.45) is 5.41 Å². The molecule has 1 N–H and O–H groups in total. The van der Waals surface area contributed by atoms with Crippen LogP contribution in [0.15, 0.2) is 0 Å². The molecule has 1 aliphatic carbocycles. The number of sulfone groups is 1. The van der Waals surface area contributed by atoms with Crippen LogP contribution in [0.3, 0.4) is 0 Å². The first-order chi connectivity index (χ1) is 9.35. The molecule has 0 radical (unpaired) electrons. The molecular weight excluding hydrogens is 282 g/mol. The Kier molecular flexibility index (Phi) is 4.36. The van der Waals surface area contributed by atoms with Gasteiger partial charge in [-0.3, -0.25) is 9.59 Å². The fourth-order valence-electron chi connectivity index (χ4n) is 3.06. The van der Waals surface area contributed by atoms with Crippen molar-refractivity contribution in [1.29, 1.82) is 0 Å². The maximum Gasteiger partial charge on any atom is 0.310 e. The second kappa shape index (κ2) is 5.71. The van der Waals surface area contributed by atoms with E-state index in [9.17, 15) is 23.1 Å². The van der Waals surface area contributed by atoms with Crippen molar-refractivity contribution >= 4 is 21.7 Å². The molecule has 0 unspecified atom stereocenters. The summed E-state index contributed by atoms with van der Waals surface area (Å²) < 4.78 is 22.7. The predicted octanol–water partition coefficient (Wildman–Crippen LogP) is 0.669. The third kappa shape index (κ3) is 3.31. The highest BCUT2D eigenvalue weighted by atomic mass is 32.2. The van der Waals surface area contributed by atoms with Crippen molar-refractivity contribution < 1.29 is 23.1 Å². The van der Waals surface area contributed by atoms with E-state index in [1.807, 2.05) is 0 Å². The standard InChI is InChI=1S/C13H21NO5S/c15-11(14-6-8-20(18,19)9-7-14)10-13(12(16)17)4-2-1-3-5-13/h1-10H2,(H,16,17). The third-order valence-electron chi connectivity index (χ3n) is 4.45. The monoisotopic (exact) mass is 303 g/mol. The van der Waals surface area contributed by atoms with Crippen molar-refractivity contribution in [2.45, 2.75) is 38.5 Å². The van der Waals surface area contributed by atoms with Gasteiger partial charge in [0.25, 0.3) is 0 Å². The Morgan fingerprint density at radius 3 is 2.10 bits per heavy atom. The van der Waals surface area contributed by atoms with Gasteiger partial charge >= 0.3 is 5.97 Å². The molecule has 0 atom stereocenters. The van der Waals surface area contributed by atoms with Gasteiger partial charge in [-0.1, -0.05) is 19.3 Å². The van der Waals surface area contributed by atoms with E-state index in [4.69, 9.17) is 0 Å². The summed E-state index contributed by atoms with van der Waals surface area (Å²) in [6.07, 6.45) is 3.79. The van der Waals surface area contributed by atoms with Crippen molar-refractivity contribution in [3.05, 3.63) is 0 Å². The molecule has 0 aromatic heterocycles. The molecule has 0 spiro atoms. The molecule has 1 saturated heterocycles. The Morgan fingerprint density at radius 1 is 1.05 bits per heavy atom. The first-order valence-corrected chi connectivity index (χ1v) is 8.88. The van der Waals surface area contributed by atoms with Crippen LogP contribution in [-0.4, -0.2) is 54.9 Å². The number of carbonyl (C=O) groups excluding carboxylic acids is 1. The first kappa shape index (κ1) is 15.3. The largest absolute Gasteiger partial charge is 0.481 e. The summed E-state index contributed by atoms with van der Waals surface area (Å²) >= 11 is 0. The molecule has 20 heavy (non-hydrogen) atoms. The van der Waals surface area contributed by atoms with Gasteiger partial charge in [0, 0.05) is 19.5 Å². The summed E-state index contributed by atoms with van der Waals surface area (Å²) in [6.45, 7) is 0.383. The number of carboxylic acids is 1. The summed E-state index contributed by atoms with van der Waals surface area (Å²) in [6, 6.07) is 0. The van der Waals surface area contributed by atoms with Crippen LogP contribution < -0.4 is 0 Å². The molecule has 2 aliphatic rings. The quantitative estimate of drug-likeness (QED) is 0.827. The highest BCUT2D eigenvalue weighted by Crippen LogP contribution is 2.40. The number of nitrogens with zero attached hydrogens (tertiary/aromatic N) is 1. The lowest BCUT2D eigenvalue weighted by Gasteiger charge is -2.35. The summed E-state index contributed by atoms with van der Waals surface area (Å²) in [5.74, 6) is -1.14. The Hall–Kier alpha value is -1.11. The van der Waals surface area contributed by atoms with Gasteiger partial charge < -0.3 is 10.0 Å². The molecule has 1 aliphatic heterocycles. The van der Waals surface area contributed by atoms with Crippen molar-refractivity contribution in [1.82, 2.24) is 4.90 Å². The van der Waals surface area contributed by atoms with Crippen molar-refractivity contribution in [3.63, 3.8) is 0 Å². The van der Waals surface area contributed by atoms with Crippen LogP contribution in [0.2, 0.25) is 0 Å². The molecule has 2 rings (SSSR count). The highest BCUT2D eigenvalue weighted by Gasteiger charge is 2.42. The minimum Gasteiger partial charge on any atom is -0.481 e. The Balaban J connectivity index is 2.00. The maximum atomic E-state index is 12.3. The fraction of sp³-hybridized carbons (Fsp3) is 0.846. The van der Waals surface area contributed by atoms with Gasteiger partial charge in [-0.15, -0.1) is 0 Å². The predicted molar refractivity (Wildman–Crippen MR) is 73.0 cm³/mol. The molecular formula is C13H21NO5S. The van der Waals surface area contributed by atoms with Crippen molar-refractivity contribution in [3.8, 4) is 0 Å². The molecule has 114 valence electrons. The van der Waals surface area contributed by atoms with Crippen LogP contribution in [-0.2, 0) is 19.4 Å². The van der Waals surface area contributed by atoms with E-state index >= 15 is 0 Å². The molecule has 0 aromatic carbocycles. The minimum atomic E-state index is -3.02. The van der Waals surface area contributed by atoms with E-state index in [2.05, 4.69) is 0 Å². The lowest BCUT2D eigenvalue weighted by Crippen LogP contribution is -2.47. The molecule has 6 nitrogen and oxygen atoms in total. The number of hydrogen-bond donors (Lipinski definition) is 1. The average molecular weight is 303 g/mol. The third-order valence-corrected chi connectivity index (χ3v) is 6.06. The van der Waals surface area contributed by atoms with Gasteiger partial charge in [0.1, 0.15) is 0 Å². The van der Waals surface area contributed by atoms with E-state index in [0.717, 1.165) is 19.3 Å². The Labute approximate surface area is 119 Å². The Bertz CT molecular complexity index is 479. The molecule has 0 bridgehead atoms. The van der Waals surface area contributed by atoms with Gasteiger partial charge in [-0.25, -0.2) is 8.42 Å². The minimum absolute atomic E-state index is 0.00236. The van der Waals surface area contributed by atoms with Crippen LogP contribution in [0.25, 0.3) is 0 Å². The topological polar surface area (TPSA) is 91.8 Å². The summed E-state index contributed by atoms with van der Waals surface area (Å²) in [5.41, 5.74) is -0.939. The SMILES string of the molecule is O=C(CC1(C(=O)O)CCCCC1)N1CCS(=O)(=O)CC1. The number of hydrogen-bond acceptors (Lipinski definition) is 4. The summed E-state index contributed by atoms with van der Waals surface area (Å²) in [4.78, 5) is 25.3. The smallest absolute Gasteiger partial charge is 0.310 e. The van der Waals surface area contributed by atoms with Gasteiger partial charge in [-0.2, -0.15) is 0 Å². The molecule has 2 fully saturated rings. The van der Waals surface area contributed by atoms with E-state index in [-0.39, 0.29) is 36.9 Å². The molecule has 1 heterocycles. The van der Waals surface area contributed by atoms with E-state index in [1.165, 1.54) is 4.90 Å². The lowest BCUT2D eigenvalue weighted by atomic mass is 9.71. The average Bonchev–Trinajstić information content (AvgIpc) is 2.39.